The molecule has 0 saturated heterocycles. The Kier molecular flexibility index (Phi) is 7.73. The van der Waals surface area contributed by atoms with Crippen molar-refractivity contribution in [3.63, 3.8) is 0 Å². The molecular formula is C27H31FN2O2. The number of hydrogen-bond acceptors (Lipinski definition) is 2. The number of hydrogen-bond donors (Lipinski definition) is 0. The summed E-state index contributed by atoms with van der Waals surface area (Å²) < 4.78 is 21.5. The van der Waals surface area contributed by atoms with E-state index in [-0.39, 0.29) is 24.4 Å². The molecule has 168 valence electrons. The van der Waals surface area contributed by atoms with Crippen molar-refractivity contribution >= 4 is 5.91 Å². The Morgan fingerprint density at radius 2 is 1.75 bits per heavy atom. The first-order valence-corrected chi connectivity index (χ1v) is 11.5. The fraction of sp³-hybridized carbons (Fsp3) is 0.370. The van der Waals surface area contributed by atoms with Gasteiger partial charge in [-0.15, -0.1) is 0 Å². The molecule has 1 saturated carbocycles. The summed E-state index contributed by atoms with van der Waals surface area (Å²) in [5.74, 6) is -0.197. The Morgan fingerprint density at radius 3 is 2.53 bits per heavy atom. The van der Waals surface area contributed by atoms with Crippen LogP contribution in [0.4, 0.5) is 4.39 Å². The van der Waals surface area contributed by atoms with E-state index in [1.54, 1.807) is 12.1 Å². The van der Waals surface area contributed by atoms with Crippen molar-refractivity contribution in [2.75, 3.05) is 6.61 Å². The number of ether oxygens (including phenoxy) is 1. The van der Waals surface area contributed by atoms with Gasteiger partial charge in [0.25, 0.3) is 0 Å². The molecule has 3 aromatic rings. The summed E-state index contributed by atoms with van der Waals surface area (Å²) in [4.78, 5) is 15.2. The lowest BCUT2D eigenvalue weighted by atomic mass is 9.94. The molecule has 0 spiro atoms. The smallest absolute Gasteiger partial charge is 0.249 e. The van der Waals surface area contributed by atoms with E-state index in [1.165, 1.54) is 12.5 Å². The fourth-order valence-electron chi connectivity index (χ4n) is 4.48. The highest BCUT2D eigenvalue weighted by Gasteiger charge is 2.26. The molecule has 1 aromatic heterocycles. The number of carbonyl (C=O) groups is 1. The summed E-state index contributed by atoms with van der Waals surface area (Å²) in [6, 6.07) is 20.9. The first kappa shape index (κ1) is 22.3. The lowest BCUT2D eigenvalue weighted by molar-refractivity contribution is -0.140. The Balaban J connectivity index is 1.44. The van der Waals surface area contributed by atoms with Crippen LogP contribution in [0.15, 0.2) is 72.9 Å². The quantitative estimate of drug-likeness (QED) is 0.442. The van der Waals surface area contributed by atoms with Crippen molar-refractivity contribution < 1.29 is 13.9 Å². The van der Waals surface area contributed by atoms with Gasteiger partial charge in [0, 0.05) is 24.5 Å². The third-order valence-electron chi connectivity index (χ3n) is 6.17. The number of aromatic nitrogens is 1. The van der Waals surface area contributed by atoms with Crippen molar-refractivity contribution in [1.82, 2.24) is 9.47 Å². The molecule has 0 radical (unpaired) electrons. The zero-order valence-corrected chi connectivity index (χ0v) is 18.5. The molecule has 0 bridgehead atoms. The second kappa shape index (κ2) is 11.1. The molecule has 1 fully saturated rings. The van der Waals surface area contributed by atoms with E-state index in [9.17, 15) is 9.18 Å². The van der Waals surface area contributed by atoms with E-state index in [0.717, 1.165) is 42.5 Å². The molecule has 1 aliphatic carbocycles. The zero-order chi connectivity index (χ0) is 22.2. The lowest BCUT2D eigenvalue weighted by Gasteiger charge is -2.34. The Morgan fingerprint density at radius 1 is 0.969 bits per heavy atom. The van der Waals surface area contributed by atoms with Gasteiger partial charge in [-0.3, -0.25) is 4.79 Å². The zero-order valence-electron chi connectivity index (χ0n) is 18.5. The van der Waals surface area contributed by atoms with Gasteiger partial charge >= 0.3 is 0 Å². The topological polar surface area (TPSA) is 34.5 Å². The maximum absolute atomic E-state index is 13.6. The molecule has 0 aliphatic heterocycles. The van der Waals surface area contributed by atoms with E-state index in [0.29, 0.717) is 19.7 Å². The molecular weight excluding hydrogens is 403 g/mol. The van der Waals surface area contributed by atoms with Crippen molar-refractivity contribution in [2.24, 2.45) is 0 Å². The van der Waals surface area contributed by atoms with E-state index in [4.69, 9.17) is 4.74 Å². The van der Waals surface area contributed by atoms with E-state index in [2.05, 4.69) is 4.57 Å². The van der Waals surface area contributed by atoms with Gasteiger partial charge in [0.2, 0.25) is 5.91 Å². The van der Waals surface area contributed by atoms with Crippen molar-refractivity contribution in [3.05, 3.63) is 95.6 Å². The van der Waals surface area contributed by atoms with Crippen molar-refractivity contribution in [3.8, 4) is 0 Å². The first-order chi connectivity index (χ1) is 15.7. The molecule has 1 amide bonds. The largest absolute Gasteiger partial charge is 0.367 e. The molecule has 4 rings (SSSR count). The second-order valence-corrected chi connectivity index (χ2v) is 8.55. The van der Waals surface area contributed by atoms with Crippen LogP contribution in [0.1, 0.15) is 48.9 Å². The highest BCUT2D eigenvalue weighted by Crippen LogP contribution is 2.25. The molecule has 0 unspecified atom stereocenters. The summed E-state index contributed by atoms with van der Waals surface area (Å²) in [5, 5.41) is 0. The number of halogens is 1. The van der Waals surface area contributed by atoms with E-state index >= 15 is 0 Å². The average Bonchev–Trinajstić information content (AvgIpc) is 3.25. The maximum atomic E-state index is 13.6. The Bertz CT molecular complexity index is 996. The molecule has 2 aromatic carbocycles. The molecule has 1 heterocycles. The summed E-state index contributed by atoms with van der Waals surface area (Å²) in [6.45, 7) is 1.63. The second-order valence-electron chi connectivity index (χ2n) is 8.55. The number of nitrogens with zero attached hydrogens (tertiary/aromatic N) is 2. The minimum Gasteiger partial charge on any atom is -0.367 e. The van der Waals surface area contributed by atoms with Gasteiger partial charge in [0.15, 0.2) is 0 Å². The van der Waals surface area contributed by atoms with Crippen LogP contribution in [0.3, 0.4) is 0 Å². The van der Waals surface area contributed by atoms with Gasteiger partial charge in [-0.05, 0) is 48.2 Å². The molecule has 4 nitrogen and oxygen atoms in total. The van der Waals surface area contributed by atoms with Crippen LogP contribution < -0.4 is 0 Å². The normalized spacial score (nSPS) is 14.4. The van der Waals surface area contributed by atoms with Gasteiger partial charge in [0.1, 0.15) is 12.4 Å². The SMILES string of the molecule is O=C(COCc1ccccc1)N(Cc1cccn1Cc1cccc(F)c1)C1CCCCC1. The van der Waals surface area contributed by atoms with Crippen LogP contribution in [0.5, 0.6) is 0 Å². The van der Waals surface area contributed by atoms with Crippen LogP contribution in [-0.2, 0) is 29.2 Å². The number of rotatable bonds is 9. The molecule has 0 N–H and O–H groups in total. The minimum absolute atomic E-state index is 0.0336. The average molecular weight is 435 g/mol. The molecule has 0 atom stereocenters. The van der Waals surface area contributed by atoms with Crippen LogP contribution in [0, 0.1) is 5.82 Å². The Labute approximate surface area is 189 Å². The van der Waals surface area contributed by atoms with E-state index < -0.39 is 0 Å². The van der Waals surface area contributed by atoms with Crippen LogP contribution in [0.2, 0.25) is 0 Å². The standard InChI is InChI=1S/C27H31FN2O2/c28-24-12-7-11-23(17-24)18-29-16-8-15-26(29)19-30(25-13-5-2-6-14-25)27(31)21-32-20-22-9-3-1-4-10-22/h1,3-4,7-12,15-17,25H,2,5-6,13-14,18-21H2. The number of carbonyl (C=O) groups excluding carboxylic acids is 1. The van der Waals surface area contributed by atoms with Gasteiger partial charge in [0.05, 0.1) is 13.2 Å². The van der Waals surface area contributed by atoms with Gasteiger partial charge in [-0.2, -0.15) is 0 Å². The predicted molar refractivity (Wildman–Crippen MR) is 123 cm³/mol. The van der Waals surface area contributed by atoms with Gasteiger partial charge < -0.3 is 14.2 Å². The Hall–Kier alpha value is -2.92. The van der Waals surface area contributed by atoms with Crippen LogP contribution in [-0.4, -0.2) is 28.0 Å². The van der Waals surface area contributed by atoms with E-state index in [1.807, 2.05) is 59.6 Å². The van der Waals surface area contributed by atoms with Crippen LogP contribution >= 0.6 is 0 Å². The van der Waals surface area contributed by atoms with Crippen molar-refractivity contribution in [1.29, 1.82) is 0 Å². The first-order valence-electron chi connectivity index (χ1n) is 11.5. The molecule has 1 aliphatic rings. The summed E-state index contributed by atoms with van der Waals surface area (Å²) in [6.07, 6.45) is 7.62. The number of amides is 1. The molecule has 32 heavy (non-hydrogen) atoms. The maximum Gasteiger partial charge on any atom is 0.249 e. The monoisotopic (exact) mass is 434 g/mol. The highest BCUT2D eigenvalue weighted by molar-refractivity contribution is 5.77. The third-order valence-corrected chi connectivity index (χ3v) is 6.17. The van der Waals surface area contributed by atoms with Gasteiger partial charge in [-0.1, -0.05) is 61.7 Å². The van der Waals surface area contributed by atoms with Crippen LogP contribution in [0.25, 0.3) is 0 Å². The lowest BCUT2D eigenvalue weighted by Crippen LogP contribution is -2.43. The third kappa shape index (κ3) is 6.07. The minimum atomic E-state index is -0.231. The van der Waals surface area contributed by atoms with Crippen molar-refractivity contribution in [2.45, 2.75) is 57.8 Å². The predicted octanol–water partition coefficient (Wildman–Crippen LogP) is 5.55. The van der Waals surface area contributed by atoms with Gasteiger partial charge in [-0.25, -0.2) is 4.39 Å². The summed E-state index contributed by atoms with van der Waals surface area (Å²) in [5.41, 5.74) is 3.02. The molecule has 5 heteroatoms. The number of benzene rings is 2. The summed E-state index contributed by atoms with van der Waals surface area (Å²) >= 11 is 0. The highest BCUT2D eigenvalue weighted by atomic mass is 19.1. The fourth-order valence-corrected chi connectivity index (χ4v) is 4.48. The summed E-state index contributed by atoms with van der Waals surface area (Å²) in [7, 11) is 0.